The molecule has 19 heavy (non-hydrogen) atoms. The summed E-state index contributed by atoms with van der Waals surface area (Å²) in [6, 6.07) is 3.72. The number of amides is 1. The summed E-state index contributed by atoms with van der Waals surface area (Å²) in [5, 5.41) is 2.77. The first-order chi connectivity index (χ1) is 9.15. The average Bonchev–Trinajstić information content (AvgIpc) is 2.44. The van der Waals surface area contributed by atoms with Crippen LogP contribution in [-0.2, 0) is 11.2 Å². The van der Waals surface area contributed by atoms with Gasteiger partial charge in [0.2, 0.25) is 11.7 Å². The highest BCUT2D eigenvalue weighted by Gasteiger charge is 2.13. The van der Waals surface area contributed by atoms with Crippen molar-refractivity contribution in [1.82, 2.24) is 5.32 Å². The molecule has 0 saturated heterocycles. The molecule has 0 saturated carbocycles. The molecule has 5 heteroatoms. The van der Waals surface area contributed by atoms with E-state index in [1.165, 1.54) is 0 Å². The fourth-order valence-corrected chi connectivity index (χ4v) is 1.82. The molecule has 0 heterocycles. The van der Waals surface area contributed by atoms with Gasteiger partial charge < -0.3 is 19.5 Å². The van der Waals surface area contributed by atoms with E-state index in [-0.39, 0.29) is 5.91 Å². The predicted molar refractivity (Wildman–Crippen MR) is 73.1 cm³/mol. The van der Waals surface area contributed by atoms with Crippen molar-refractivity contribution in [2.24, 2.45) is 0 Å². The minimum atomic E-state index is 0.0382. The zero-order valence-corrected chi connectivity index (χ0v) is 11.9. The van der Waals surface area contributed by atoms with Crippen molar-refractivity contribution in [3.63, 3.8) is 0 Å². The van der Waals surface area contributed by atoms with E-state index >= 15 is 0 Å². The summed E-state index contributed by atoms with van der Waals surface area (Å²) in [6.45, 7) is 2.55. The molecule has 0 aliphatic heterocycles. The van der Waals surface area contributed by atoms with Crippen LogP contribution in [0.15, 0.2) is 12.1 Å². The molecule has 0 unspecified atom stereocenters. The van der Waals surface area contributed by atoms with E-state index in [1.807, 2.05) is 19.1 Å². The van der Waals surface area contributed by atoms with Gasteiger partial charge in [0.1, 0.15) is 0 Å². The molecular weight excluding hydrogens is 246 g/mol. The van der Waals surface area contributed by atoms with Crippen molar-refractivity contribution in [2.45, 2.75) is 19.8 Å². The first-order valence-electron chi connectivity index (χ1n) is 6.21. The van der Waals surface area contributed by atoms with Crippen LogP contribution >= 0.6 is 0 Å². The zero-order chi connectivity index (χ0) is 14.3. The summed E-state index contributed by atoms with van der Waals surface area (Å²) in [5.74, 6) is 1.81. The van der Waals surface area contributed by atoms with Crippen molar-refractivity contribution in [2.75, 3.05) is 27.9 Å². The summed E-state index contributed by atoms with van der Waals surface area (Å²) >= 11 is 0. The second-order valence-electron chi connectivity index (χ2n) is 3.99. The SMILES string of the molecule is CCNC(=O)CCc1cc(OC)c(OC)c(OC)c1. The van der Waals surface area contributed by atoms with Gasteiger partial charge in [-0.25, -0.2) is 0 Å². The van der Waals surface area contributed by atoms with E-state index < -0.39 is 0 Å². The number of aryl methyl sites for hydroxylation is 1. The molecule has 0 radical (unpaired) electrons. The van der Waals surface area contributed by atoms with E-state index in [9.17, 15) is 4.79 Å². The Balaban J connectivity index is 2.87. The lowest BCUT2D eigenvalue weighted by Crippen LogP contribution is -2.22. The van der Waals surface area contributed by atoms with Gasteiger partial charge in [0, 0.05) is 13.0 Å². The molecule has 1 N–H and O–H groups in total. The number of nitrogens with one attached hydrogen (secondary N) is 1. The van der Waals surface area contributed by atoms with Crippen LogP contribution in [0.25, 0.3) is 0 Å². The predicted octanol–water partition coefficient (Wildman–Crippen LogP) is 1.78. The molecule has 0 bridgehead atoms. The number of methoxy groups -OCH3 is 3. The summed E-state index contributed by atoms with van der Waals surface area (Å²) in [4.78, 5) is 11.5. The van der Waals surface area contributed by atoms with Gasteiger partial charge >= 0.3 is 0 Å². The van der Waals surface area contributed by atoms with Crippen molar-refractivity contribution >= 4 is 5.91 Å². The number of hydrogen-bond donors (Lipinski definition) is 1. The van der Waals surface area contributed by atoms with Crippen molar-refractivity contribution in [1.29, 1.82) is 0 Å². The van der Waals surface area contributed by atoms with Crippen LogP contribution in [0.5, 0.6) is 17.2 Å². The van der Waals surface area contributed by atoms with Crippen LogP contribution in [-0.4, -0.2) is 33.8 Å². The third-order valence-electron chi connectivity index (χ3n) is 2.74. The van der Waals surface area contributed by atoms with E-state index in [1.54, 1.807) is 21.3 Å². The lowest BCUT2D eigenvalue weighted by Gasteiger charge is -2.14. The molecule has 0 aliphatic rings. The number of benzene rings is 1. The highest BCUT2D eigenvalue weighted by molar-refractivity contribution is 5.76. The summed E-state index contributed by atoms with van der Waals surface area (Å²) < 4.78 is 15.8. The lowest BCUT2D eigenvalue weighted by atomic mass is 10.1. The van der Waals surface area contributed by atoms with Gasteiger partial charge in [-0.3, -0.25) is 4.79 Å². The smallest absolute Gasteiger partial charge is 0.220 e. The van der Waals surface area contributed by atoms with Gasteiger partial charge in [-0.2, -0.15) is 0 Å². The Bertz CT molecular complexity index is 406. The van der Waals surface area contributed by atoms with Crippen molar-refractivity contribution in [3.8, 4) is 17.2 Å². The van der Waals surface area contributed by atoms with Crippen molar-refractivity contribution in [3.05, 3.63) is 17.7 Å². The Morgan fingerprint density at radius 3 is 2.11 bits per heavy atom. The summed E-state index contributed by atoms with van der Waals surface area (Å²) in [7, 11) is 4.71. The van der Waals surface area contributed by atoms with Gasteiger partial charge in [0.15, 0.2) is 11.5 Å². The van der Waals surface area contributed by atoms with E-state index in [0.29, 0.717) is 36.6 Å². The molecule has 1 aromatic carbocycles. The third kappa shape index (κ3) is 4.05. The molecule has 0 aromatic heterocycles. The van der Waals surface area contributed by atoms with Gasteiger partial charge in [-0.05, 0) is 31.0 Å². The molecule has 1 rings (SSSR count). The van der Waals surface area contributed by atoms with E-state index in [2.05, 4.69) is 5.32 Å². The van der Waals surface area contributed by atoms with Gasteiger partial charge in [0.05, 0.1) is 21.3 Å². The largest absolute Gasteiger partial charge is 0.493 e. The topological polar surface area (TPSA) is 56.8 Å². The van der Waals surface area contributed by atoms with Crippen molar-refractivity contribution < 1.29 is 19.0 Å². The number of rotatable bonds is 7. The highest BCUT2D eigenvalue weighted by Crippen LogP contribution is 2.38. The van der Waals surface area contributed by atoms with Crippen LogP contribution in [0, 0.1) is 0 Å². The van der Waals surface area contributed by atoms with Gasteiger partial charge in [-0.15, -0.1) is 0 Å². The maximum Gasteiger partial charge on any atom is 0.220 e. The fourth-order valence-electron chi connectivity index (χ4n) is 1.82. The Kier molecular flexibility index (Phi) is 5.99. The minimum Gasteiger partial charge on any atom is -0.493 e. The minimum absolute atomic E-state index is 0.0382. The molecule has 0 atom stereocenters. The standard InChI is InChI=1S/C14H21NO4/c1-5-15-13(16)7-6-10-8-11(17-2)14(19-4)12(9-10)18-3/h8-9H,5-7H2,1-4H3,(H,15,16). The number of ether oxygens (including phenoxy) is 3. The molecule has 1 aromatic rings. The number of carbonyl (C=O) groups excluding carboxylic acids is 1. The van der Waals surface area contributed by atoms with Crippen LogP contribution in [0.4, 0.5) is 0 Å². The zero-order valence-electron chi connectivity index (χ0n) is 11.9. The van der Waals surface area contributed by atoms with E-state index in [4.69, 9.17) is 14.2 Å². The van der Waals surface area contributed by atoms with Crippen LogP contribution in [0.1, 0.15) is 18.9 Å². The Hall–Kier alpha value is -1.91. The molecular formula is C14H21NO4. The molecule has 1 amide bonds. The molecule has 0 aliphatic carbocycles. The molecule has 0 spiro atoms. The maximum absolute atomic E-state index is 11.5. The van der Waals surface area contributed by atoms with Crippen LogP contribution in [0.2, 0.25) is 0 Å². The average molecular weight is 267 g/mol. The van der Waals surface area contributed by atoms with Gasteiger partial charge in [-0.1, -0.05) is 0 Å². The number of hydrogen-bond acceptors (Lipinski definition) is 4. The second-order valence-corrected chi connectivity index (χ2v) is 3.99. The monoisotopic (exact) mass is 267 g/mol. The quantitative estimate of drug-likeness (QED) is 0.818. The Morgan fingerprint density at radius 2 is 1.68 bits per heavy atom. The normalized spacial score (nSPS) is 9.89. The maximum atomic E-state index is 11.5. The third-order valence-corrected chi connectivity index (χ3v) is 2.74. The summed E-state index contributed by atoms with van der Waals surface area (Å²) in [5.41, 5.74) is 0.973. The first-order valence-corrected chi connectivity index (χ1v) is 6.21. The lowest BCUT2D eigenvalue weighted by molar-refractivity contribution is -0.120. The Labute approximate surface area is 113 Å². The molecule has 5 nitrogen and oxygen atoms in total. The highest BCUT2D eigenvalue weighted by atomic mass is 16.5. The first kappa shape index (κ1) is 15.1. The van der Waals surface area contributed by atoms with Gasteiger partial charge in [0.25, 0.3) is 0 Å². The van der Waals surface area contributed by atoms with Crippen LogP contribution in [0.3, 0.4) is 0 Å². The second kappa shape index (κ2) is 7.51. The molecule has 0 fully saturated rings. The van der Waals surface area contributed by atoms with Crippen LogP contribution < -0.4 is 19.5 Å². The number of carbonyl (C=O) groups is 1. The fraction of sp³-hybridized carbons (Fsp3) is 0.500. The molecule has 106 valence electrons. The Morgan fingerprint density at radius 1 is 1.11 bits per heavy atom. The summed E-state index contributed by atoms with van der Waals surface area (Å²) in [6.07, 6.45) is 1.06. The van der Waals surface area contributed by atoms with E-state index in [0.717, 1.165) is 5.56 Å².